The number of piperazine rings is 1. The van der Waals surface area contributed by atoms with Crippen LogP contribution in [0.5, 0.6) is 0 Å². The minimum Gasteiger partial charge on any atom is -0.466 e. The van der Waals surface area contributed by atoms with Crippen molar-refractivity contribution >= 4 is 27.9 Å². The van der Waals surface area contributed by atoms with Crippen molar-refractivity contribution in [1.29, 1.82) is 0 Å². The van der Waals surface area contributed by atoms with E-state index in [2.05, 4.69) is 14.6 Å². The van der Waals surface area contributed by atoms with Gasteiger partial charge in [0.05, 0.1) is 12.0 Å². The molecule has 0 saturated carbocycles. The van der Waals surface area contributed by atoms with Gasteiger partial charge in [-0.05, 0) is 35.9 Å². The molecule has 1 fully saturated rings. The second-order valence-corrected chi connectivity index (χ2v) is 7.95. The van der Waals surface area contributed by atoms with E-state index in [0.29, 0.717) is 31.7 Å². The molecular formula is C19H21N3O4S. The average Bonchev–Trinajstić information content (AvgIpc) is 2.73. The van der Waals surface area contributed by atoms with Crippen molar-refractivity contribution in [3.8, 4) is 0 Å². The van der Waals surface area contributed by atoms with Crippen LogP contribution in [0.15, 0.2) is 59.6 Å². The van der Waals surface area contributed by atoms with Gasteiger partial charge in [-0.15, -0.1) is 0 Å². The quantitative estimate of drug-likeness (QED) is 0.575. The summed E-state index contributed by atoms with van der Waals surface area (Å²) in [5.74, 6) is 0.360. The third-order valence-electron chi connectivity index (χ3n) is 4.32. The third kappa shape index (κ3) is 4.53. The minimum atomic E-state index is -3.60. The molecule has 0 atom stereocenters. The number of pyridine rings is 1. The summed E-state index contributed by atoms with van der Waals surface area (Å²) in [4.78, 5) is 17.8. The first kappa shape index (κ1) is 19.1. The maximum atomic E-state index is 13.0. The molecule has 0 amide bonds. The lowest BCUT2D eigenvalue weighted by atomic mass is 10.2. The summed E-state index contributed by atoms with van der Waals surface area (Å²) >= 11 is 0. The highest BCUT2D eigenvalue weighted by Gasteiger charge is 2.28. The topological polar surface area (TPSA) is 79.8 Å². The van der Waals surface area contributed by atoms with Gasteiger partial charge in [-0.2, -0.15) is 4.31 Å². The normalized spacial score (nSPS) is 15.8. The van der Waals surface area contributed by atoms with Crippen LogP contribution in [0.1, 0.15) is 5.56 Å². The van der Waals surface area contributed by atoms with Gasteiger partial charge in [0.1, 0.15) is 5.82 Å². The first-order valence-electron chi connectivity index (χ1n) is 8.53. The van der Waals surface area contributed by atoms with Crippen molar-refractivity contribution in [2.45, 2.75) is 4.90 Å². The third-order valence-corrected chi connectivity index (χ3v) is 6.22. The number of esters is 1. The molecule has 0 N–H and O–H groups in total. The van der Waals surface area contributed by atoms with Crippen LogP contribution in [-0.4, -0.2) is 57.0 Å². The Morgan fingerprint density at radius 2 is 1.89 bits per heavy atom. The second-order valence-electron chi connectivity index (χ2n) is 6.01. The number of sulfonamides is 1. The lowest BCUT2D eigenvalue weighted by Crippen LogP contribution is -2.48. The molecule has 1 aliphatic rings. The van der Waals surface area contributed by atoms with Gasteiger partial charge < -0.3 is 9.64 Å². The Labute approximate surface area is 158 Å². The monoisotopic (exact) mass is 387 g/mol. The molecule has 1 aromatic carbocycles. The molecule has 27 heavy (non-hydrogen) atoms. The summed E-state index contributed by atoms with van der Waals surface area (Å²) in [6.07, 6.45) is 4.52. The molecule has 8 heteroatoms. The van der Waals surface area contributed by atoms with Gasteiger partial charge in [-0.3, -0.25) is 0 Å². The molecule has 0 radical (unpaired) electrons. The first-order chi connectivity index (χ1) is 13.0. The summed E-state index contributed by atoms with van der Waals surface area (Å²) in [6, 6.07) is 12.2. The molecular weight excluding hydrogens is 366 g/mol. The highest BCUT2D eigenvalue weighted by Crippen LogP contribution is 2.21. The maximum absolute atomic E-state index is 13.0. The number of ether oxygens (including phenoxy) is 1. The van der Waals surface area contributed by atoms with Crippen LogP contribution < -0.4 is 4.90 Å². The smallest absolute Gasteiger partial charge is 0.330 e. The van der Waals surface area contributed by atoms with Gasteiger partial charge in [0.25, 0.3) is 0 Å². The Kier molecular flexibility index (Phi) is 5.88. The first-order valence-corrected chi connectivity index (χ1v) is 9.97. The van der Waals surface area contributed by atoms with Crippen molar-refractivity contribution in [3.05, 3.63) is 60.3 Å². The highest BCUT2D eigenvalue weighted by atomic mass is 32.2. The van der Waals surface area contributed by atoms with Gasteiger partial charge in [0.2, 0.25) is 10.0 Å². The summed E-state index contributed by atoms with van der Waals surface area (Å²) in [5, 5.41) is 0. The van der Waals surface area contributed by atoms with E-state index in [9.17, 15) is 13.2 Å². The van der Waals surface area contributed by atoms with Gasteiger partial charge in [0, 0.05) is 38.5 Å². The summed E-state index contributed by atoms with van der Waals surface area (Å²) in [5.41, 5.74) is 0.619. The molecule has 0 aliphatic carbocycles. The summed E-state index contributed by atoms with van der Waals surface area (Å²) in [7, 11) is -2.31. The number of methoxy groups -OCH3 is 1. The van der Waals surface area contributed by atoms with E-state index in [1.54, 1.807) is 30.5 Å². The van der Waals surface area contributed by atoms with E-state index in [4.69, 9.17) is 0 Å². The molecule has 2 heterocycles. The number of anilines is 1. The second kappa shape index (κ2) is 8.32. The molecule has 0 bridgehead atoms. The zero-order chi connectivity index (χ0) is 19.3. The fraction of sp³-hybridized carbons (Fsp3) is 0.263. The number of rotatable bonds is 5. The van der Waals surface area contributed by atoms with Crippen LogP contribution in [0.2, 0.25) is 0 Å². The molecule has 1 aromatic heterocycles. The van der Waals surface area contributed by atoms with Crippen LogP contribution in [0, 0.1) is 0 Å². The van der Waals surface area contributed by atoms with E-state index in [1.165, 1.54) is 23.6 Å². The number of benzene rings is 1. The number of aromatic nitrogens is 1. The number of nitrogens with zero attached hydrogens (tertiary/aromatic N) is 3. The zero-order valence-corrected chi connectivity index (χ0v) is 15.8. The molecule has 1 aliphatic heterocycles. The fourth-order valence-electron chi connectivity index (χ4n) is 2.86. The van der Waals surface area contributed by atoms with E-state index in [0.717, 1.165) is 5.82 Å². The van der Waals surface area contributed by atoms with Gasteiger partial charge >= 0.3 is 5.97 Å². The highest BCUT2D eigenvalue weighted by molar-refractivity contribution is 7.89. The average molecular weight is 387 g/mol. The molecule has 142 valence electrons. The fourth-order valence-corrected chi connectivity index (χ4v) is 4.34. The van der Waals surface area contributed by atoms with Crippen LogP contribution in [0.3, 0.4) is 0 Å². The number of hydrogen-bond acceptors (Lipinski definition) is 6. The molecule has 0 spiro atoms. The van der Waals surface area contributed by atoms with E-state index in [-0.39, 0.29) is 4.90 Å². The Morgan fingerprint density at radius 3 is 2.56 bits per heavy atom. The van der Waals surface area contributed by atoms with Crippen molar-refractivity contribution in [3.63, 3.8) is 0 Å². The SMILES string of the molecule is COC(=O)C=Cc1cccc(S(=O)(=O)N2CCN(c3ccccn3)CC2)c1. The van der Waals surface area contributed by atoms with Crippen LogP contribution in [-0.2, 0) is 19.6 Å². The molecule has 3 rings (SSSR count). The summed E-state index contributed by atoms with van der Waals surface area (Å²) < 4.78 is 31.9. The van der Waals surface area contributed by atoms with Crippen LogP contribution in [0.4, 0.5) is 5.82 Å². The lowest BCUT2D eigenvalue weighted by molar-refractivity contribution is -0.134. The lowest BCUT2D eigenvalue weighted by Gasteiger charge is -2.34. The Balaban J connectivity index is 1.72. The molecule has 0 unspecified atom stereocenters. The van der Waals surface area contributed by atoms with E-state index >= 15 is 0 Å². The zero-order valence-electron chi connectivity index (χ0n) is 15.0. The standard InChI is InChI=1S/C19H21N3O4S/c1-26-19(23)9-8-16-5-4-6-17(15-16)27(24,25)22-13-11-21(12-14-22)18-7-2-3-10-20-18/h2-10,15H,11-14H2,1H3. The maximum Gasteiger partial charge on any atom is 0.330 e. The minimum absolute atomic E-state index is 0.209. The van der Waals surface area contributed by atoms with Crippen molar-refractivity contribution < 1.29 is 17.9 Å². The molecule has 2 aromatic rings. The Hall–Kier alpha value is -2.71. The predicted molar refractivity (Wildman–Crippen MR) is 103 cm³/mol. The van der Waals surface area contributed by atoms with E-state index < -0.39 is 16.0 Å². The number of carbonyl (C=O) groups is 1. The summed E-state index contributed by atoms with van der Waals surface area (Å²) in [6.45, 7) is 1.94. The van der Waals surface area contributed by atoms with Crippen molar-refractivity contribution in [2.75, 3.05) is 38.2 Å². The van der Waals surface area contributed by atoms with E-state index in [1.807, 2.05) is 18.2 Å². The Bertz CT molecular complexity index is 921. The van der Waals surface area contributed by atoms with Crippen LogP contribution >= 0.6 is 0 Å². The Morgan fingerprint density at radius 1 is 1.11 bits per heavy atom. The van der Waals surface area contributed by atoms with Gasteiger partial charge in [0.15, 0.2) is 0 Å². The molecule has 7 nitrogen and oxygen atoms in total. The largest absolute Gasteiger partial charge is 0.466 e. The number of carbonyl (C=O) groups excluding carboxylic acids is 1. The van der Waals surface area contributed by atoms with Crippen molar-refractivity contribution in [1.82, 2.24) is 9.29 Å². The van der Waals surface area contributed by atoms with Gasteiger partial charge in [-0.25, -0.2) is 18.2 Å². The molecule has 1 saturated heterocycles. The predicted octanol–water partition coefficient (Wildman–Crippen LogP) is 1.78. The van der Waals surface area contributed by atoms with Crippen molar-refractivity contribution in [2.24, 2.45) is 0 Å². The van der Waals surface area contributed by atoms with Crippen LogP contribution in [0.25, 0.3) is 6.08 Å². The van der Waals surface area contributed by atoms with Gasteiger partial charge in [-0.1, -0.05) is 18.2 Å². The number of hydrogen-bond donors (Lipinski definition) is 0.